The van der Waals surface area contributed by atoms with E-state index < -0.39 is 0 Å². The maximum absolute atomic E-state index is 5.46. The minimum atomic E-state index is 0.596. The standard InChI is InChI=1S/C20H31N3O/c1-3-21-20(23(2)11-8-16-9-12-24-13-10-16)22-15-18-14-17-6-4-5-7-19(17)18/h4-7,16,18H,3,8-15H2,1-2H3,(H,21,22). The first-order chi connectivity index (χ1) is 11.8. The Kier molecular flexibility index (Phi) is 6.13. The molecule has 2 aliphatic rings. The third-order valence-electron chi connectivity index (χ3n) is 5.33. The number of hydrogen-bond donors (Lipinski definition) is 1. The highest BCUT2D eigenvalue weighted by Crippen LogP contribution is 2.34. The summed E-state index contributed by atoms with van der Waals surface area (Å²) < 4.78 is 5.46. The minimum absolute atomic E-state index is 0.596. The van der Waals surface area contributed by atoms with Crippen LogP contribution in [0.15, 0.2) is 29.3 Å². The second-order valence-electron chi connectivity index (χ2n) is 7.06. The van der Waals surface area contributed by atoms with Crippen LogP contribution in [0.4, 0.5) is 0 Å². The van der Waals surface area contributed by atoms with Gasteiger partial charge in [-0.15, -0.1) is 0 Å². The summed E-state index contributed by atoms with van der Waals surface area (Å²) in [5.41, 5.74) is 2.98. The molecule has 1 fully saturated rings. The van der Waals surface area contributed by atoms with E-state index in [1.165, 1.54) is 36.8 Å². The lowest BCUT2D eigenvalue weighted by molar-refractivity contribution is 0.0625. The van der Waals surface area contributed by atoms with Gasteiger partial charge >= 0.3 is 0 Å². The Morgan fingerprint density at radius 2 is 2.08 bits per heavy atom. The molecule has 3 rings (SSSR count). The first-order valence-electron chi connectivity index (χ1n) is 9.43. The van der Waals surface area contributed by atoms with Crippen molar-refractivity contribution in [3.8, 4) is 0 Å². The SMILES string of the molecule is CCNC(=NCC1Cc2ccccc21)N(C)CCC1CCOCC1. The lowest BCUT2D eigenvalue weighted by atomic mass is 9.78. The van der Waals surface area contributed by atoms with Crippen LogP contribution < -0.4 is 5.32 Å². The van der Waals surface area contributed by atoms with Gasteiger partial charge in [0.15, 0.2) is 5.96 Å². The van der Waals surface area contributed by atoms with E-state index in [-0.39, 0.29) is 0 Å². The van der Waals surface area contributed by atoms with Crippen LogP contribution in [0.25, 0.3) is 0 Å². The number of fused-ring (bicyclic) bond motifs is 1. The van der Waals surface area contributed by atoms with Gasteiger partial charge in [-0.2, -0.15) is 0 Å². The fourth-order valence-electron chi connectivity index (χ4n) is 3.71. The molecule has 132 valence electrons. The number of rotatable bonds is 6. The molecular formula is C20H31N3O. The predicted octanol–water partition coefficient (Wildman–Crippen LogP) is 3.04. The van der Waals surface area contributed by atoms with Crippen molar-refractivity contribution in [1.82, 2.24) is 10.2 Å². The van der Waals surface area contributed by atoms with Gasteiger partial charge in [0, 0.05) is 45.8 Å². The van der Waals surface area contributed by atoms with Crippen molar-refractivity contribution in [2.75, 3.05) is 39.9 Å². The van der Waals surface area contributed by atoms with Crippen molar-refractivity contribution in [2.24, 2.45) is 10.9 Å². The molecule has 0 spiro atoms. The lowest BCUT2D eigenvalue weighted by Gasteiger charge is -2.30. The van der Waals surface area contributed by atoms with E-state index in [1.54, 1.807) is 0 Å². The Hall–Kier alpha value is -1.55. The van der Waals surface area contributed by atoms with Gasteiger partial charge < -0.3 is 15.0 Å². The van der Waals surface area contributed by atoms with Gasteiger partial charge in [-0.05, 0) is 49.7 Å². The largest absolute Gasteiger partial charge is 0.381 e. The lowest BCUT2D eigenvalue weighted by Crippen LogP contribution is -2.40. The molecule has 4 nitrogen and oxygen atoms in total. The van der Waals surface area contributed by atoms with Crippen LogP contribution in [0.2, 0.25) is 0 Å². The summed E-state index contributed by atoms with van der Waals surface area (Å²) in [5.74, 6) is 2.45. The molecule has 1 aliphatic carbocycles. The summed E-state index contributed by atoms with van der Waals surface area (Å²) in [4.78, 5) is 7.20. The van der Waals surface area contributed by atoms with E-state index in [9.17, 15) is 0 Å². The van der Waals surface area contributed by atoms with Gasteiger partial charge in [-0.1, -0.05) is 24.3 Å². The fraction of sp³-hybridized carbons (Fsp3) is 0.650. The van der Waals surface area contributed by atoms with E-state index in [0.29, 0.717) is 5.92 Å². The molecule has 0 amide bonds. The number of hydrogen-bond acceptors (Lipinski definition) is 2. The third kappa shape index (κ3) is 4.29. The molecule has 1 aromatic rings. The van der Waals surface area contributed by atoms with Crippen molar-refractivity contribution < 1.29 is 4.74 Å². The zero-order chi connectivity index (χ0) is 16.8. The Labute approximate surface area is 146 Å². The minimum Gasteiger partial charge on any atom is -0.381 e. The summed E-state index contributed by atoms with van der Waals surface area (Å²) in [6, 6.07) is 8.76. The van der Waals surface area contributed by atoms with Crippen molar-refractivity contribution in [2.45, 2.75) is 38.5 Å². The van der Waals surface area contributed by atoms with Crippen LogP contribution in [0.3, 0.4) is 0 Å². The van der Waals surface area contributed by atoms with Crippen LogP contribution in [-0.4, -0.2) is 50.8 Å². The third-order valence-corrected chi connectivity index (χ3v) is 5.33. The maximum Gasteiger partial charge on any atom is 0.193 e. The molecule has 24 heavy (non-hydrogen) atoms. The number of ether oxygens (including phenoxy) is 1. The van der Waals surface area contributed by atoms with E-state index in [4.69, 9.17) is 9.73 Å². The summed E-state index contributed by atoms with van der Waals surface area (Å²) in [7, 11) is 2.16. The number of benzene rings is 1. The molecular weight excluding hydrogens is 298 g/mol. The molecule has 1 saturated heterocycles. The first kappa shape index (κ1) is 17.3. The Morgan fingerprint density at radius 3 is 2.83 bits per heavy atom. The maximum atomic E-state index is 5.46. The second kappa shape index (κ2) is 8.52. The molecule has 1 atom stereocenters. The highest BCUT2D eigenvalue weighted by molar-refractivity contribution is 5.79. The monoisotopic (exact) mass is 329 g/mol. The van der Waals surface area contributed by atoms with Crippen molar-refractivity contribution in [3.05, 3.63) is 35.4 Å². The quantitative estimate of drug-likeness (QED) is 0.644. The van der Waals surface area contributed by atoms with Crippen LogP contribution in [-0.2, 0) is 11.2 Å². The molecule has 4 heteroatoms. The van der Waals surface area contributed by atoms with Gasteiger partial charge in [-0.25, -0.2) is 0 Å². The van der Waals surface area contributed by atoms with Gasteiger partial charge in [0.1, 0.15) is 0 Å². The number of nitrogens with zero attached hydrogens (tertiary/aromatic N) is 2. The van der Waals surface area contributed by atoms with E-state index in [0.717, 1.165) is 44.7 Å². The molecule has 0 aromatic heterocycles. The summed E-state index contributed by atoms with van der Waals surface area (Å²) >= 11 is 0. The molecule has 1 aromatic carbocycles. The average molecular weight is 329 g/mol. The molecule has 0 radical (unpaired) electrons. The highest BCUT2D eigenvalue weighted by atomic mass is 16.5. The van der Waals surface area contributed by atoms with E-state index in [2.05, 4.69) is 48.5 Å². The van der Waals surface area contributed by atoms with E-state index >= 15 is 0 Å². The number of aliphatic imine (C=N–C) groups is 1. The first-order valence-corrected chi connectivity index (χ1v) is 9.43. The molecule has 1 N–H and O–H groups in total. The topological polar surface area (TPSA) is 36.9 Å². The van der Waals surface area contributed by atoms with Gasteiger partial charge in [0.25, 0.3) is 0 Å². The molecule has 1 aliphatic heterocycles. The summed E-state index contributed by atoms with van der Waals surface area (Å²) in [6.07, 6.45) is 4.82. The van der Waals surface area contributed by atoms with Gasteiger partial charge in [0.05, 0.1) is 0 Å². The fourth-order valence-corrected chi connectivity index (χ4v) is 3.71. The Bertz CT molecular complexity index is 552. The van der Waals surface area contributed by atoms with Crippen LogP contribution in [0.5, 0.6) is 0 Å². The zero-order valence-electron chi connectivity index (χ0n) is 15.1. The number of guanidine groups is 1. The highest BCUT2D eigenvalue weighted by Gasteiger charge is 2.25. The summed E-state index contributed by atoms with van der Waals surface area (Å²) in [5, 5.41) is 3.45. The van der Waals surface area contributed by atoms with Crippen molar-refractivity contribution in [1.29, 1.82) is 0 Å². The van der Waals surface area contributed by atoms with E-state index in [1.807, 2.05) is 0 Å². The predicted molar refractivity (Wildman–Crippen MR) is 99.7 cm³/mol. The van der Waals surface area contributed by atoms with Crippen molar-refractivity contribution >= 4 is 5.96 Å². The Balaban J connectivity index is 1.51. The van der Waals surface area contributed by atoms with Crippen molar-refractivity contribution in [3.63, 3.8) is 0 Å². The smallest absolute Gasteiger partial charge is 0.193 e. The van der Waals surface area contributed by atoms with Gasteiger partial charge in [0.2, 0.25) is 0 Å². The molecule has 0 saturated carbocycles. The molecule has 1 unspecified atom stereocenters. The zero-order valence-corrected chi connectivity index (χ0v) is 15.1. The van der Waals surface area contributed by atoms with Crippen LogP contribution >= 0.6 is 0 Å². The van der Waals surface area contributed by atoms with Crippen LogP contribution in [0.1, 0.15) is 43.2 Å². The van der Waals surface area contributed by atoms with Gasteiger partial charge in [-0.3, -0.25) is 4.99 Å². The average Bonchev–Trinajstić information content (AvgIpc) is 2.60. The number of nitrogens with one attached hydrogen (secondary N) is 1. The Morgan fingerprint density at radius 1 is 1.29 bits per heavy atom. The summed E-state index contributed by atoms with van der Waals surface area (Å²) in [6.45, 7) is 6.88. The van der Waals surface area contributed by atoms with Crippen LogP contribution in [0, 0.1) is 5.92 Å². The molecule has 0 bridgehead atoms. The molecule has 1 heterocycles. The normalized spacial score (nSPS) is 21.1. The second-order valence-corrected chi connectivity index (χ2v) is 7.06.